The predicted molar refractivity (Wildman–Crippen MR) is 62.6 cm³/mol. The minimum atomic E-state index is -0.230. The second-order valence-corrected chi connectivity index (χ2v) is 5.09. The van der Waals surface area contributed by atoms with E-state index in [2.05, 4.69) is 13.8 Å². The molecule has 2 N–H and O–H groups in total. The van der Waals surface area contributed by atoms with Crippen LogP contribution in [0.1, 0.15) is 39.5 Å². The molecule has 16 heavy (non-hydrogen) atoms. The SMILES string of the molecule is CC(C)CC(=O)N1CCC(CC(N)=O)CC1. The standard InChI is InChI=1S/C12H22N2O2/c1-9(2)7-12(16)14-5-3-10(4-6-14)8-11(13)15/h9-10H,3-8H2,1-2H3,(H2,13,15). The minimum absolute atomic E-state index is 0.230. The van der Waals surface area contributed by atoms with Crippen LogP contribution in [0.5, 0.6) is 0 Å². The first kappa shape index (κ1) is 13.0. The molecule has 4 heteroatoms. The molecular formula is C12H22N2O2. The summed E-state index contributed by atoms with van der Waals surface area (Å²) in [6.07, 6.45) is 2.91. The maximum atomic E-state index is 11.8. The van der Waals surface area contributed by atoms with E-state index in [0.29, 0.717) is 24.7 Å². The van der Waals surface area contributed by atoms with Crippen LogP contribution in [-0.2, 0) is 9.59 Å². The van der Waals surface area contributed by atoms with E-state index in [1.165, 1.54) is 0 Å². The number of amides is 2. The second-order valence-electron chi connectivity index (χ2n) is 5.09. The molecule has 1 rings (SSSR count). The topological polar surface area (TPSA) is 63.4 Å². The molecule has 1 fully saturated rings. The Hall–Kier alpha value is -1.06. The Bertz CT molecular complexity index is 256. The van der Waals surface area contributed by atoms with Crippen molar-refractivity contribution in [1.29, 1.82) is 0 Å². The zero-order valence-corrected chi connectivity index (χ0v) is 10.2. The van der Waals surface area contributed by atoms with E-state index >= 15 is 0 Å². The molecule has 0 aromatic rings. The minimum Gasteiger partial charge on any atom is -0.370 e. The number of carbonyl (C=O) groups is 2. The zero-order chi connectivity index (χ0) is 12.1. The first-order valence-electron chi connectivity index (χ1n) is 6.05. The van der Waals surface area contributed by atoms with Crippen molar-refractivity contribution in [3.05, 3.63) is 0 Å². The second kappa shape index (κ2) is 5.87. The highest BCUT2D eigenvalue weighted by Gasteiger charge is 2.23. The highest BCUT2D eigenvalue weighted by molar-refractivity contribution is 5.76. The van der Waals surface area contributed by atoms with Gasteiger partial charge in [-0.1, -0.05) is 13.8 Å². The number of primary amides is 1. The van der Waals surface area contributed by atoms with Crippen molar-refractivity contribution >= 4 is 11.8 Å². The third kappa shape index (κ3) is 4.21. The molecule has 1 heterocycles. The van der Waals surface area contributed by atoms with E-state index in [0.717, 1.165) is 25.9 Å². The number of piperidine rings is 1. The molecule has 4 nitrogen and oxygen atoms in total. The van der Waals surface area contributed by atoms with Crippen LogP contribution in [0, 0.1) is 11.8 Å². The van der Waals surface area contributed by atoms with Crippen LogP contribution in [0.25, 0.3) is 0 Å². The Kier molecular flexibility index (Phi) is 4.77. The number of hydrogen-bond donors (Lipinski definition) is 1. The molecule has 0 atom stereocenters. The average molecular weight is 226 g/mol. The van der Waals surface area contributed by atoms with Crippen LogP contribution < -0.4 is 5.73 Å². The third-order valence-electron chi connectivity index (χ3n) is 3.04. The van der Waals surface area contributed by atoms with Gasteiger partial charge in [-0.3, -0.25) is 9.59 Å². The van der Waals surface area contributed by atoms with Crippen molar-refractivity contribution in [2.24, 2.45) is 17.6 Å². The Morgan fingerprint density at radius 2 is 1.88 bits per heavy atom. The number of nitrogens with zero attached hydrogens (tertiary/aromatic N) is 1. The van der Waals surface area contributed by atoms with Crippen molar-refractivity contribution in [1.82, 2.24) is 4.90 Å². The fourth-order valence-corrected chi connectivity index (χ4v) is 2.15. The van der Waals surface area contributed by atoms with Crippen molar-refractivity contribution in [3.8, 4) is 0 Å². The summed E-state index contributed by atoms with van der Waals surface area (Å²) < 4.78 is 0. The van der Waals surface area contributed by atoms with Gasteiger partial charge in [0.25, 0.3) is 0 Å². The van der Waals surface area contributed by atoms with Crippen LogP contribution >= 0.6 is 0 Å². The molecule has 1 saturated heterocycles. The molecule has 0 aromatic carbocycles. The lowest BCUT2D eigenvalue weighted by Gasteiger charge is -2.32. The number of carbonyl (C=O) groups excluding carboxylic acids is 2. The molecule has 0 spiro atoms. The summed E-state index contributed by atoms with van der Waals surface area (Å²) >= 11 is 0. The molecule has 0 unspecified atom stereocenters. The van der Waals surface area contributed by atoms with Gasteiger partial charge in [0.1, 0.15) is 0 Å². The lowest BCUT2D eigenvalue weighted by molar-refractivity contribution is -0.133. The van der Waals surface area contributed by atoms with Gasteiger partial charge in [0.05, 0.1) is 0 Å². The molecular weight excluding hydrogens is 204 g/mol. The summed E-state index contributed by atoms with van der Waals surface area (Å²) in [7, 11) is 0. The molecule has 1 aliphatic rings. The smallest absolute Gasteiger partial charge is 0.222 e. The number of rotatable bonds is 4. The quantitative estimate of drug-likeness (QED) is 0.781. The van der Waals surface area contributed by atoms with Gasteiger partial charge in [-0.25, -0.2) is 0 Å². The van der Waals surface area contributed by atoms with E-state index in [1.54, 1.807) is 0 Å². The Morgan fingerprint density at radius 1 is 1.31 bits per heavy atom. The Morgan fingerprint density at radius 3 is 2.31 bits per heavy atom. The summed E-state index contributed by atoms with van der Waals surface area (Å²) in [5.74, 6) is 0.802. The largest absolute Gasteiger partial charge is 0.370 e. The summed E-state index contributed by atoms with van der Waals surface area (Å²) in [6.45, 7) is 5.67. The molecule has 0 bridgehead atoms. The monoisotopic (exact) mass is 226 g/mol. The lowest BCUT2D eigenvalue weighted by Crippen LogP contribution is -2.39. The number of likely N-dealkylation sites (tertiary alicyclic amines) is 1. The molecule has 92 valence electrons. The third-order valence-corrected chi connectivity index (χ3v) is 3.04. The molecule has 0 radical (unpaired) electrons. The van der Waals surface area contributed by atoms with E-state index in [9.17, 15) is 9.59 Å². The van der Waals surface area contributed by atoms with Gasteiger partial charge in [-0.2, -0.15) is 0 Å². The van der Waals surface area contributed by atoms with E-state index in [1.807, 2.05) is 4.90 Å². The van der Waals surface area contributed by atoms with Gasteiger partial charge in [0.15, 0.2) is 0 Å². The zero-order valence-electron chi connectivity index (χ0n) is 10.2. The normalized spacial score (nSPS) is 17.8. The molecule has 1 aliphatic heterocycles. The van der Waals surface area contributed by atoms with Gasteiger partial charge in [-0.15, -0.1) is 0 Å². The van der Waals surface area contributed by atoms with E-state index < -0.39 is 0 Å². The van der Waals surface area contributed by atoms with Gasteiger partial charge in [0, 0.05) is 25.9 Å². The predicted octanol–water partition coefficient (Wildman–Crippen LogP) is 1.15. The van der Waals surface area contributed by atoms with Crippen LogP contribution in [0.2, 0.25) is 0 Å². The van der Waals surface area contributed by atoms with Crippen molar-refractivity contribution in [3.63, 3.8) is 0 Å². The molecule has 0 aromatic heterocycles. The highest BCUT2D eigenvalue weighted by Crippen LogP contribution is 2.21. The van der Waals surface area contributed by atoms with E-state index in [4.69, 9.17) is 5.73 Å². The number of hydrogen-bond acceptors (Lipinski definition) is 2. The van der Waals surface area contributed by atoms with Crippen molar-refractivity contribution in [2.75, 3.05) is 13.1 Å². The molecule has 0 aliphatic carbocycles. The first-order chi connectivity index (χ1) is 7.49. The summed E-state index contributed by atoms with van der Waals surface area (Å²) in [5.41, 5.74) is 5.16. The summed E-state index contributed by atoms with van der Waals surface area (Å²) in [5, 5.41) is 0. The fourth-order valence-electron chi connectivity index (χ4n) is 2.15. The average Bonchev–Trinajstić information content (AvgIpc) is 2.16. The van der Waals surface area contributed by atoms with Gasteiger partial charge in [-0.05, 0) is 24.7 Å². The van der Waals surface area contributed by atoms with Crippen LogP contribution in [-0.4, -0.2) is 29.8 Å². The van der Waals surface area contributed by atoms with Gasteiger partial charge in [0.2, 0.25) is 11.8 Å². The first-order valence-corrected chi connectivity index (χ1v) is 6.05. The highest BCUT2D eigenvalue weighted by atomic mass is 16.2. The van der Waals surface area contributed by atoms with Crippen LogP contribution in [0.4, 0.5) is 0 Å². The molecule has 2 amide bonds. The Balaban J connectivity index is 2.31. The molecule has 0 saturated carbocycles. The maximum Gasteiger partial charge on any atom is 0.222 e. The van der Waals surface area contributed by atoms with Gasteiger partial charge >= 0.3 is 0 Å². The lowest BCUT2D eigenvalue weighted by atomic mass is 9.93. The fraction of sp³-hybridized carbons (Fsp3) is 0.833. The van der Waals surface area contributed by atoms with Crippen molar-refractivity contribution < 1.29 is 9.59 Å². The summed E-state index contributed by atoms with van der Waals surface area (Å²) in [4.78, 5) is 24.5. The number of nitrogens with two attached hydrogens (primary N) is 1. The van der Waals surface area contributed by atoms with Crippen LogP contribution in [0.3, 0.4) is 0 Å². The Labute approximate surface area is 97.2 Å². The van der Waals surface area contributed by atoms with Crippen LogP contribution in [0.15, 0.2) is 0 Å². The summed E-state index contributed by atoms with van der Waals surface area (Å²) in [6, 6.07) is 0. The van der Waals surface area contributed by atoms with Crippen molar-refractivity contribution in [2.45, 2.75) is 39.5 Å². The van der Waals surface area contributed by atoms with E-state index in [-0.39, 0.29) is 11.8 Å². The maximum absolute atomic E-state index is 11.8. The van der Waals surface area contributed by atoms with Gasteiger partial charge < -0.3 is 10.6 Å².